The number of hydrogen-bond acceptors (Lipinski definition) is 0. The Bertz CT molecular complexity index is 68.5. The molecular weight excluding hydrogens is 234 g/mol. The fraction of sp³-hybridized carbons (Fsp3) is 0.200. The van der Waals surface area contributed by atoms with Gasteiger partial charge in [0.05, 0.1) is 0 Å². The van der Waals surface area contributed by atoms with E-state index in [1.165, 1.54) is 0 Å². The van der Waals surface area contributed by atoms with Crippen LogP contribution in [-0.2, 0) is 19.5 Å². The summed E-state index contributed by atoms with van der Waals surface area (Å²) >= 11 is 0. The quantitative estimate of drug-likeness (QED) is 0.294. The van der Waals surface area contributed by atoms with Gasteiger partial charge in [-0.15, -0.1) is 6.42 Å². The molecule has 0 heterocycles. The fourth-order valence-corrected chi connectivity index (χ4v) is 0.340. The van der Waals surface area contributed by atoms with E-state index in [9.17, 15) is 0 Å². The van der Waals surface area contributed by atoms with Gasteiger partial charge in [0.1, 0.15) is 0 Å². The van der Waals surface area contributed by atoms with Gasteiger partial charge in [-0.2, -0.15) is 6.08 Å². The van der Waals surface area contributed by atoms with Crippen LogP contribution in [0, 0.1) is 6.08 Å². The molecule has 0 aromatic carbocycles. The van der Waals surface area contributed by atoms with Crippen LogP contribution in [0.3, 0.4) is 0 Å². The van der Waals surface area contributed by atoms with Crippen molar-refractivity contribution in [2.24, 2.45) is 0 Å². The molecule has 0 saturated heterocycles. The average molecular weight is 239 g/mol. The van der Waals surface area contributed by atoms with Gasteiger partial charge in [0.2, 0.25) is 0 Å². The van der Waals surface area contributed by atoms with Crippen molar-refractivity contribution in [2.45, 2.75) is 6.42 Å². The third kappa shape index (κ3) is 6.68. The van der Waals surface area contributed by atoms with Gasteiger partial charge >= 0.3 is 19.5 Å². The number of allylic oxidation sites excluding steroid dienone is 4. The third-order valence-corrected chi connectivity index (χ3v) is 0.586. The van der Waals surface area contributed by atoms with Crippen molar-refractivity contribution in [3.05, 3.63) is 24.3 Å². The van der Waals surface area contributed by atoms with Crippen LogP contribution in [0.1, 0.15) is 6.42 Å². The zero-order chi connectivity index (χ0) is 3.54. The zero-order valence-electron chi connectivity index (χ0n) is 4.03. The Kier molecular flexibility index (Phi) is 21.1. The molecule has 0 saturated carbocycles. The van der Waals surface area contributed by atoms with Crippen molar-refractivity contribution in [2.75, 3.05) is 0 Å². The first-order valence-electron chi connectivity index (χ1n) is 1.72. The van der Waals surface area contributed by atoms with Crippen LogP contribution in [0.15, 0.2) is 18.2 Å². The smallest absolute Gasteiger partial charge is 1.00 e. The molecule has 1 aliphatic carbocycles. The van der Waals surface area contributed by atoms with Crippen LogP contribution in [0.2, 0.25) is 0 Å². The predicted molar refractivity (Wildman–Crippen MR) is 21.6 cm³/mol. The summed E-state index contributed by atoms with van der Waals surface area (Å²) in [4.78, 5) is 0. The number of hydrogen-bond donors (Lipinski definition) is 0. The van der Waals surface area contributed by atoms with Crippen LogP contribution in [-0.4, -0.2) is 0 Å². The van der Waals surface area contributed by atoms with E-state index in [2.05, 4.69) is 12.2 Å². The van der Waals surface area contributed by atoms with Crippen molar-refractivity contribution in [1.29, 1.82) is 0 Å². The fourth-order valence-electron chi connectivity index (χ4n) is 0.340. The summed E-state index contributed by atoms with van der Waals surface area (Å²) in [5.74, 6) is 0. The second-order valence-electron chi connectivity index (χ2n) is 1.00. The average Bonchev–Trinajstić information content (AvgIpc) is 1.76. The molecule has 1 rings (SSSR count). The van der Waals surface area contributed by atoms with Crippen LogP contribution < -0.4 is 24.8 Å². The summed E-state index contributed by atoms with van der Waals surface area (Å²) < 4.78 is 0. The molecule has 0 amide bonds. The summed E-state index contributed by atoms with van der Waals surface area (Å²) in [6, 6.07) is 0. The second-order valence-corrected chi connectivity index (χ2v) is 1.00. The van der Waals surface area contributed by atoms with Crippen molar-refractivity contribution in [3.8, 4) is 0 Å². The van der Waals surface area contributed by atoms with E-state index in [4.69, 9.17) is 0 Å². The molecule has 0 spiro atoms. The van der Waals surface area contributed by atoms with Gasteiger partial charge < -0.3 is 24.8 Å². The maximum Gasteiger partial charge on any atom is 3.00 e. The molecule has 0 atom stereocenters. The molecule has 3 heteroatoms. The summed E-state index contributed by atoms with van der Waals surface area (Å²) in [5.41, 5.74) is 0. The molecule has 0 unspecified atom stereocenters. The SMILES string of the molecule is [C-]1=CC=CC1.[Cl-].[Cl-].[Rh+3]. The Morgan fingerprint density at radius 2 is 1.88 bits per heavy atom. The maximum absolute atomic E-state index is 2.99. The van der Waals surface area contributed by atoms with Crippen LogP contribution in [0.5, 0.6) is 0 Å². The molecule has 0 N–H and O–H groups in total. The van der Waals surface area contributed by atoms with Gasteiger partial charge in [-0.25, -0.2) is 12.2 Å². The Balaban J connectivity index is -0.0000000833. The summed E-state index contributed by atoms with van der Waals surface area (Å²) in [7, 11) is 0. The van der Waals surface area contributed by atoms with Crippen LogP contribution >= 0.6 is 0 Å². The van der Waals surface area contributed by atoms with Gasteiger partial charge in [-0.05, 0) is 0 Å². The molecule has 0 aliphatic heterocycles. The summed E-state index contributed by atoms with van der Waals surface area (Å²) in [6.45, 7) is 0. The maximum atomic E-state index is 2.99. The number of rotatable bonds is 0. The molecule has 0 aromatic heterocycles. The van der Waals surface area contributed by atoms with Crippen molar-refractivity contribution < 1.29 is 44.3 Å². The van der Waals surface area contributed by atoms with Crippen molar-refractivity contribution >= 4 is 0 Å². The van der Waals surface area contributed by atoms with Crippen molar-refractivity contribution in [3.63, 3.8) is 0 Å². The minimum Gasteiger partial charge on any atom is -1.00 e. The van der Waals surface area contributed by atoms with Gasteiger partial charge in [-0.3, -0.25) is 6.08 Å². The van der Waals surface area contributed by atoms with Crippen LogP contribution in [0.4, 0.5) is 0 Å². The van der Waals surface area contributed by atoms with E-state index in [0.717, 1.165) is 6.42 Å². The first-order valence-corrected chi connectivity index (χ1v) is 1.72. The van der Waals surface area contributed by atoms with Gasteiger partial charge in [0, 0.05) is 0 Å². The van der Waals surface area contributed by atoms with E-state index < -0.39 is 0 Å². The molecule has 0 radical (unpaired) electrons. The first-order chi connectivity index (χ1) is 2.50. The predicted octanol–water partition coefficient (Wildman–Crippen LogP) is -4.69. The van der Waals surface area contributed by atoms with E-state index >= 15 is 0 Å². The molecule has 0 nitrogen and oxygen atoms in total. The monoisotopic (exact) mass is 238 g/mol. The van der Waals surface area contributed by atoms with E-state index in [0.29, 0.717) is 0 Å². The summed E-state index contributed by atoms with van der Waals surface area (Å²) in [6.07, 6.45) is 10.0. The molecule has 0 fully saturated rings. The molecule has 0 bridgehead atoms. The molecule has 8 heavy (non-hydrogen) atoms. The zero-order valence-corrected chi connectivity index (χ0v) is 7.18. The minimum atomic E-state index is 0. The molecular formula is C5H5Cl2Rh. The Hall–Kier alpha value is 0.683. The largest absolute Gasteiger partial charge is 3.00 e. The number of halogens is 2. The molecule has 1 aliphatic rings. The Morgan fingerprint density at radius 3 is 2.00 bits per heavy atom. The van der Waals surface area contributed by atoms with Gasteiger partial charge in [0.15, 0.2) is 0 Å². The Labute approximate surface area is 75.0 Å². The minimum absolute atomic E-state index is 0. The summed E-state index contributed by atoms with van der Waals surface area (Å²) in [5, 5.41) is 0. The third-order valence-electron chi connectivity index (χ3n) is 0.586. The van der Waals surface area contributed by atoms with E-state index in [1.807, 2.05) is 12.2 Å². The molecule has 48 valence electrons. The standard InChI is InChI=1S/C5H5.2ClH.Rh/c1-2-4-5-3-1;;;/h1-3H,4H2;2*1H;/q-1;;;+3/p-2. The van der Waals surface area contributed by atoms with Gasteiger partial charge in [0.25, 0.3) is 0 Å². The van der Waals surface area contributed by atoms with Gasteiger partial charge in [-0.1, -0.05) is 0 Å². The van der Waals surface area contributed by atoms with Crippen molar-refractivity contribution in [1.82, 2.24) is 0 Å². The molecule has 0 aromatic rings. The Morgan fingerprint density at radius 1 is 1.25 bits per heavy atom. The topological polar surface area (TPSA) is 0 Å². The van der Waals surface area contributed by atoms with E-state index in [-0.39, 0.29) is 44.3 Å². The first kappa shape index (κ1) is 15.9. The van der Waals surface area contributed by atoms with E-state index in [1.54, 1.807) is 0 Å². The van der Waals surface area contributed by atoms with Crippen LogP contribution in [0.25, 0.3) is 0 Å². The second kappa shape index (κ2) is 10.6. The normalized spacial score (nSPS) is 11.0.